The number of hydrogen-bond donors (Lipinski definition) is 0. The maximum atomic E-state index is 11.3. The van der Waals surface area contributed by atoms with Crippen molar-refractivity contribution in [1.82, 2.24) is 9.78 Å². The number of benzene rings is 1. The molecule has 1 heterocycles. The standard InChI is InChI=1S/C13H14N2O/c1-3-15-13(7-8-14-15)12-6-4-5-11(9-12)10(2)16/h4-9H,3H2,1-2H3. The van der Waals surface area contributed by atoms with Crippen LogP contribution in [0.15, 0.2) is 36.5 Å². The molecule has 0 aliphatic rings. The molecule has 0 N–H and O–H groups in total. The van der Waals surface area contributed by atoms with Gasteiger partial charge in [0.25, 0.3) is 0 Å². The van der Waals surface area contributed by atoms with Gasteiger partial charge in [-0.1, -0.05) is 18.2 Å². The summed E-state index contributed by atoms with van der Waals surface area (Å²) >= 11 is 0. The summed E-state index contributed by atoms with van der Waals surface area (Å²) < 4.78 is 1.92. The number of hydrogen-bond acceptors (Lipinski definition) is 2. The second-order valence-electron chi connectivity index (χ2n) is 3.67. The second kappa shape index (κ2) is 4.31. The van der Waals surface area contributed by atoms with E-state index in [1.165, 1.54) is 0 Å². The number of nitrogens with zero attached hydrogens (tertiary/aromatic N) is 2. The van der Waals surface area contributed by atoms with E-state index in [4.69, 9.17) is 0 Å². The number of ketones is 1. The van der Waals surface area contributed by atoms with Crippen LogP contribution in [0.4, 0.5) is 0 Å². The first-order valence-corrected chi connectivity index (χ1v) is 5.35. The molecule has 0 aliphatic carbocycles. The molecule has 1 aromatic heterocycles. The van der Waals surface area contributed by atoms with E-state index >= 15 is 0 Å². The van der Waals surface area contributed by atoms with Crippen molar-refractivity contribution >= 4 is 5.78 Å². The SMILES string of the molecule is CCn1nccc1-c1cccc(C(C)=O)c1. The molecule has 3 heteroatoms. The lowest BCUT2D eigenvalue weighted by Crippen LogP contribution is -1.99. The summed E-state index contributed by atoms with van der Waals surface area (Å²) in [5, 5.41) is 4.22. The molecule has 0 saturated heterocycles. The smallest absolute Gasteiger partial charge is 0.159 e. The van der Waals surface area contributed by atoms with Crippen molar-refractivity contribution in [2.45, 2.75) is 20.4 Å². The van der Waals surface area contributed by atoms with Crippen molar-refractivity contribution in [1.29, 1.82) is 0 Å². The molecule has 3 nitrogen and oxygen atoms in total. The molecule has 0 bridgehead atoms. The van der Waals surface area contributed by atoms with Crippen LogP contribution in [-0.2, 0) is 6.54 Å². The quantitative estimate of drug-likeness (QED) is 0.736. The third kappa shape index (κ3) is 1.89. The van der Waals surface area contributed by atoms with Crippen LogP contribution in [0.25, 0.3) is 11.3 Å². The van der Waals surface area contributed by atoms with Crippen molar-refractivity contribution in [3.05, 3.63) is 42.1 Å². The van der Waals surface area contributed by atoms with E-state index in [1.54, 1.807) is 13.1 Å². The van der Waals surface area contributed by atoms with Crippen LogP contribution in [0, 0.1) is 0 Å². The lowest BCUT2D eigenvalue weighted by atomic mass is 10.1. The Morgan fingerprint density at radius 1 is 1.38 bits per heavy atom. The number of rotatable bonds is 3. The molecule has 2 rings (SSSR count). The highest BCUT2D eigenvalue weighted by Crippen LogP contribution is 2.20. The van der Waals surface area contributed by atoms with Gasteiger partial charge in [0.15, 0.2) is 5.78 Å². The van der Waals surface area contributed by atoms with E-state index in [0.717, 1.165) is 23.4 Å². The minimum Gasteiger partial charge on any atom is -0.295 e. The van der Waals surface area contributed by atoms with Crippen LogP contribution in [0.5, 0.6) is 0 Å². The zero-order chi connectivity index (χ0) is 11.5. The highest BCUT2D eigenvalue weighted by atomic mass is 16.1. The Hall–Kier alpha value is -1.90. The van der Waals surface area contributed by atoms with Gasteiger partial charge in [-0.3, -0.25) is 9.48 Å². The van der Waals surface area contributed by atoms with Gasteiger partial charge < -0.3 is 0 Å². The summed E-state index contributed by atoms with van der Waals surface area (Å²) in [6.07, 6.45) is 1.78. The predicted octanol–water partition coefficient (Wildman–Crippen LogP) is 2.77. The third-order valence-corrected chi connectivity index (χ3v) is 2.58. The normalized spacial score (nSPS) is 10.4. The summed E-state index contributed by atoms with van der Waals surface area (Å²) in [5.74, 6) is 0.0874. The van der Waals surface area contributed by atoms with E-state index in [2.05, 4.69) is 5.10 Å². The van der Waals surface area contributed by atoms with E-state index < -0.39 is 0 Å². The van der Waals surface area contributed by atoms with Crippen LogP contribution in [0.3, 0.4) is 0 Å². The molecule has 0 radical (unpaired) electrons. The minimum absolute atomic E-state index is 0.0874. The van der Waals surface area contributed by atoms with Crippen molar-refractivity contribution < 1.29 is 4.79 Å². The first-order valence-electron chi connectivity index (χ1n) is 5.35. The predicted molar refractivity (Wildman–Crippen MR) is 63.3 cm³/mol. The van der Waals surface area contributed by atoms with Crippen molar-refractivity contribution in [2.24, 2.45) is 0 Å². The fourth-order valence-corrected chi connectivity index (χ4v) is 1.73. The molecule has 16 heavy (non-hydrogen) atoms. The Bertz CT molecular complexity index is 514. The Labute approximate surface area is 94.7 Å². The number of carbonyl (C=O) groups excluding carboxylic acids is 1. The van der Waals surface area contributed by atoms with Crippen LogP contribution < -0.4 is 0 Å². The van der Waals surface area contributed by atoms with Gasteiger partial charge in [-0.2, -0.15) is 5.10 Å². The van der Waals surface area contributed by atoms with Crippen molar-refractivity contribution in [2.75, 3.05) is 0 Å². The highest BCUT2D eigenvalue weighted by molar-refractivity contribution is 5.95. The molecular weight excluding hydrogens is 200 g/mol. The molecule has 82 valence electrons. The maximum Gasteiger partial charge on any atom is 0.159 e. The van der Waals surface area contributed by atoms with Gasteiger partial charge in [0, 0.05) is 23.9 Å². The molecule has 0 fully saturated rings. The monoisotopic (exact) mass is 214 g/mol. The lowest BCUT2D eigenvalue weighted by Gasteiger charge is -2.05. The Balaban J connectivity index is 2.48. The molecule has 1 aromatic carbocycles. The zero-order valence-corrected chi connectivity index (χ0v) is 9.47. The molecular formula is C13H14N2O. The Morgan fingerprint density at radius 2 is 2.19 bits per heavy atom. The highest BCUT2D eigenvalue weighted by Gasteiger charge is 2.06. The summed E-state index contributed by atoms with van der Waals surface area (Å²) in [4.78, 5) is 11.3. The molecule has 0 aliphatic heterocycles. The summed E-state index contributed by atoms with van der Waals surface area (Å²) in [5.41, 5.74) is 2.82. The van der Waals surface area contributed by atoms with Crippen molar-refractivity contribution in [3.63, 3.8) is 0 Å². The minimum atomic E-state index is 0.0874. The summed E-state index contributed by atoms with van der Waals surface area (Å²) in [6, 6.07) is 9.60. The van der Waals surface area contributed by atoms with Crippen LogP contribution in [-0.4, -0.2) is 15.6 Å². The van der Waals surface area contributed by atoms with E-state index in [1.807, 2.05) is 41.9 Å². The largest absolute Gasteiger partial charge is 0.295 e. The van der Waals surface area contributed by atoms with E-state index in [-0.39, 0.29) is 5.78 Å². The number of Topliss-reactive ketones (excluding diaryl/α,β-unsaturated/α-hetero) is 1. The Kier molecular flexibility index (Phi) is 2.86. The third-order valence-electron chi connectivity index (χ3n) is 2.58. The molecule has 0 spiro atoms. The first kappa shape index (κ1) is 10.6. The summed E-state index contributed by atoms with van der Waals surface area (Å²) in [6.45, 7) is 4.45. The Morgan fingerprint density at radius 3 is 2.88 bits per heavy atom. The molecule has 0 saturated carbocycles. The second-order valence-corrected chi connectivity index (χ2v) is 3.67. The molecule has 0 unspecified atom stereocenters. The zero-order valence-electron chi connectivity index (χ0n) is 9.47. The number of aromatic nitrogens is 2. The van der Waals surface area contributed by atoms with Crippen molar-refractivity contribution in [3.8, 4) is 11.3 Å². The lowest BCUT2D eigenvalue weighted by molar-refractivity contribution is 0.101. The average molecular weight is 214 g/mol. The summed E-state index contributed by atoms with van der Waals surface area (Å²) in [7, 11) is 0. The fourth-order valence-electron chi connectivity index (χ4n) is 1.73. The van der Waals surface area contributed by atoms with Gasteiger partial charge >= 0.3 is 0 Å². The topological polar surface area (TPSA) is 34.9 Å². The van der Waals surface area contributed by atoms with Gasteiger partial charge in [0.05, 0.1) is 5.69 Å². The van der Waals surface area contributed by atoms with Gasteiger partial charge in [-0.05, 0) is 26.0 Å². The van der Waals surface area contributed by atoms with Crippen LogP contribution in [0.2, 0.25) is 0 Å². The van der Waals surface area contributed by atoms with Gasteiger partial charge in [0.1, 0.15) is 0 Å². The fraction of sp³-hybridized carbons (Fsp3) is 0.231. The van der Waals surface area contributed by atoms with E-state index in [9.17, 15) is 4.79 Å². The van der Waals surface area contributed by atoms with Gasteiger partial charge in [-0.25, -0.2) is 0 Å². The maximum absolute atomic E-state index is 11.3. The molecule has 2 aromatic rings. The first-order chi connectivity index (χ1) is 7.72. The molecule has 0 amide bonds. The number of aryl methyl sites for hydroxylation is 1. The van der Waals surface area contributed by atoms with E-state index in [0.29, 0.717) is 0 Å². The average Bonchev–Trinajstić information content (AvgIpc) is 2.77. The van der Waals surface area contributed by atoms with Crippen LogP contribution in [0.1, 0.15) is 24.2 Å². The van der Waals surface area contributed by atoms with Crippen LogP contribution >= 0.6 is 0 Å². The molecule has 0 atom stereocenters. The number of carbonyl (C=O) groups is 1. The van der Waals surface area contributed by atoms with Gasteiger partial charge in [-0.15, -0.1) is 0 Å². The van der Waals surface area contributed by atoms with Gasteiger partial charge in [0.2, 0.25) is 0 Å².